The summed E-state index contributed by atoms with van der Waals surface area (Å²) in [4.78, 5) is 14.5. The molecule has 164 valence electrons. The molecule has 1 N–H and O–H groups in total. The van der Waals surface area contributed by atoms with Gasteiger partial charge in [-0.25, -0.2) is 8.78 Å². The summed E-state index contributed by atoms with van der Waals surface area (Å²) in [5, 5.41) is 2.90. The summed E-state index contributed by atoms with van der Waals surface area (Å²) in [7, 11) is 0. The van der Waals surface area contributed by atoms with Crippen molar-refractivity contribution < 1.29 is 31.5 Å². The van der Waals surface area contributed by atoms with Crippen LogP contribution in [0.1, 0.15) is 11.6 Å². The van der Waals surface area contributed by atoms with E-state index in [9.17, 15) is 26.7 Å². The molecule has 1 aliphatic heterocycles. The fourth-order valence-electron chi connectivity index (χ4n) is 3.36. The predicted molar refractivity (Wildman–Crippen MR) is 108 cm³/mol. The zero-order chi connectivity index (χ0) is 22.9. The minimum atomic E-state index is -4.87. The van der Waals surface area contributed by atoms with Gasteiger partial charge in [-0.05, 0) is 72.3 Å². The van der Waals surface area contributed by atoms with Crippen LogP contribution in [-0.4, -0.2) is 12.3 Å². The lowest BCUT2D eigenvalue weighted by molar-refractivity contribution is -0.274. The summed E-state index contributed by atoms with van der Waals surface area (Å²) in [6, 6.07) is 14.9. The van der Waals surface area contributed by atoms with E-state index in [1.807, 2.05) is 0 Å². The number of carbonyl (C=O) groups is 1. The van der Waals surface area contributed by atoms with Gasteiger partial charge in [0.15, 0.2) is 0 Å². The molecule has 0 spiro atoms. The largest absolute Gasteiger partial charge is 0.573 e. The molecule has 0 bridgehead atoms. The van der Waals surface area contributed by atoms with Crippen molar-refractivity contribution >= 4 is 17.3 Å². The standard InChI is InChI=1S/C23H15F5N2O2/c24-15-4-8-17(9-5-15)29-20-13-21(14-2-1-3-19(12-14)32-23(26,27)28)30(22(20)31)18-10-6-16(25)7-11-18/h1-13,21,29H. The molecule has 1 amide bonds. The van der Waals surface area contributed by atoms with Gasteiger partial charge in [0.05, 0.1) is 6.04 Å². The zero-order valence-corrected chi connectivity index (χ0v) is 16.2. The summed E-state index contributed by atoms with van der Waals surface area (Å²) in [6.45, 7) is 0. The third kappa shape index (κ3) is 4.72. The number of anilines is 2. The molecule has 0 fully saturated rings. The molecule has 9 heteroatoms. The number of carbonyl (C=O) groups excluding carboxylic acids is 1. The number of nitrogens with zero attached hydrogens (tertiary/aromatic N) is 1. The number of ether oxygens (including phenoxy) is 1. The first-order valence-electron chi connectivity index (χ1n) is 9.39. The number of halogens is 5. The normalized spacial score (nSPS) is 16.2. The predicted octanol–water partition coefficient (Wildman–Crippen LogP) is 5.95. The summed E-state index contributed by atoms with van der Waals surface area (Å²) >= 11 is 0. The van der Waals surface area contributed by atoms with E-state index in [4.69, 9.17) is 0 Å². The number of rotatable bonds is 5. The van der Waals surface area contributed by atoms with Gasteiger partial charge < -0.3 is 10.1 Å². The molecular formula is C23H15F5N2O2. The van der Waals surface area contributed by atoms with Crippen molar-refractivity contribution in [2.75, 3.05) is 10.2 Å². The van der Waals surface area contributed by atoms with Crippen LogP contribution in [0.2, 0.25) is 0 Å². The second-order valence-corrected chi connectivity index (χ2v) is 6.93. The van der Waals surface area contributed by atoms with Gasteiger partial charge in [0.1, 0.15) is 23.1 Å². The van der Waals surface area contributed by atoms with Crippen LogP contribution in [0.3, 0.4) is 0 Å². The van der Waals surface area contributed by atoms with Crippen LogP contribution < -0.4 is 15.0 Å². The van der Waals surface area contributed by atoms with Crippen LogP contribution in [0, 0.1) is 11.6 Å². The lowest BCUT2D eigenvalue weighted by Crippen LogP contribution is -2.30. The van der Waals surface area contributed by atoms with Crippen molar-refractivity contribution in [3.63, 3.8) is 0 Å². The molecule has 3 aromatic carbocycles. The van der Waals surface area contributed by atoms with Crippen molar-refractivity contribution in [3.8, 4) is 5.75 Å². The second-order valence-electron chi connectivity index (χ2n) is 6.93. The molecule has 1 aliphatic rings. The minimum Gasteiger partial charge on any atom is -0.406 e. The van der Waals surface area contributed by atoms with Gasteiger partial charge in [-0.1, -0.05) is 12.1 Å². The summed E-state index contributed by atoms with van der Waals surface area (Å²) in [5.41, 5.74) is 1.27. The molecule has 4 nitrogen and oxygen atoms in total. The van der Waals surface area contributed by atoms with E-state index in [-0.39, 0.29) is 5.70 Å². The van der Waals surface area contributed by atoms with E-state index in [1.165, 1.54) is 71.6 Å². The Labute approximate surface area is 179 Å². The fraction of sp³-hybridized carbons (Fsp3) is 0.0870. The molecule has 1 heterocycles. The van der Waals surface area contributed by atoms with Gasteiger partial charge in [-0.2, -0.15) is 0 Å². The van der Waals surface area contributed by atoms with Gasteiger partial charge in [-0.15, -0.1) is 13.2 Å². The van der Waals surface area contributed by atoms with Crippen molar-refractivity contribution in [3.05, 3.63) is 102 Å². The molecule has 0 radical (unpaired) electrons. The number of nitrogens with one attached hydrogen (secondary N) is 1. The maximum atomic E-state index is 13.4. The molecule has 0 aromatic heterocycles. The third-order valence-corrected chi connectivity index (χ3v) is 4.71. The van der Waals surface area contributed by atoms with E-state index in [2.05, 4.69) is 10.1 Å². The Kier molecular flexibility index (Phi) is 5.56. The highest BCUT2D eigenvalue weighted by Crippen LogP contribution is 2.37. The third-order valence-electron chi connectivity index (χ3n) is 4.71. The second kappa shape index (κ2) is 8.33. The van der Waals surface area contributed by atoms with E-state index in [0.29, 0.717) is 16.9 Å². The van der Waals surface area contributed by atoms with Crippen molar-refractivity contribution in [2.24, 2.45) is 0 Å². The molecular weight excluding hydrogens is 431 g/mol. The van der Waals surface area contributed by atoms with Gasteiger partial charge >= 0.3 is 6.36 Å². The quantitative estimate of drug-likeness (QED) is 0.493. The van der Waals surface area contributed by atoms with Crippen LogP contribution >= 0.6 is 0 Å². The average molecular weight is 446 g/mol. The van der Waals surface area contributed by atoms with Gasteiger partial charge in [-0.3, -0.25) is 9.69 Å². The molecule has 0 aliphatic carbocycles. The summed E-state index contributed by atoms with van der Waals surface area (Å²) < 4.78 is 68.6. The first-order valence-corrected chi connectivity index (χ1v) is 9.39. The molecule has 1 unspecified atom stereocenters. The summed E-state index contributed by atoms with van der Waals surface area (Å²) in [6.07, 6.45) is -3.34. The molecule has 3 aromatic rings. The smallest absolute Gasteiger partial charge is 0.406 e. The van der Waals surface area contributed by atoms with Gasteiger partial charge in [0.2, 0.25) is 0 Å². The Morgan fingerprint density at radius 3 is 2.12 bits per heavy atom. The topological polar surface area (TPSA) is 41.6 Å². The van der Waals surface area contributed by atoms with E-state index in [1.54, 1.807) is 6.07 Å². The highest BCUT2D eigenvalue weighted by atomic mass is 19.4. The monoisotopic (exact) mass is 446 g/mol. The minimum absolute atomic E-state index is 0.132. The number of alkyl halides is 3. The first kappa shape index (κ1) is 21.4. The zero-order valence-electron chi connectivity index (χ0n) is 16.2. The summed E-state index contributed by atoms with van der Waals surface area (Å²) in [5.74, 6) is -1.88. The Balaban J connectivity index is 1.72. The van der Waals surface area contributed by atoms with Crippen LogP contribution in [0.5, 0.6) is 5.75 Å². The van der Waals surface area contributed by atoms with Gasteiger partial charge in [0, 0.05) is 11.4 Å². The molecule has 0 saturated heterocycles. The highest BCUT2D eigenvalue weighted by Gasteiger charge is 2.36. The van der Waals surface area contributed by atoms with E-state index < -0.39 is 35.7 Å². The number of hydrogen-bond donors (Lipinski definition) is 1. The van der Waals surface area contributed by atoms with Crippen molar-refractivity contribution in [1.29, 1.82) is 0 Å². The lowest BCUT2D eigenvalue weighted by Gasteiger charge is -2.25. The Bertz CT molecular complexity index is 1160. The van der Waals surface area contributed by atoms with E-state index >= 15 is 0 Å². The number of amides is 1. The molecule has 4 rings (SSSR count). The Morgan fingerprint density at radius 1 is 0.875 bits per heavy atom. The highest BCUT2D eigenvalue weighted by molar-refractivity contribution is 6.11. The molecule has 1 atom stereocenters. The van der Waals surface area contributed by atoms with Crippen LogP contribution in [0.15, 0.2) is 84.6 Å². The van der Waals surface area contributed by atoms with Crippen LogP contribution in [-0.2, 0) is 4.79 Å². The van der Waals surface area contributed by atoms with Crippen LogP contribution in [0.4, 0.5) is 33.3 Å². The van der Waals surface area contributed by atoms with Crippen molar-refractivity contribution in [1.82, 2.24) is 0 Å². The Morgan fingerprint density at radius 2 is 1.50 bits per heavy atom. The maximum Gasteiger partial charge on any atom is 0.573 e. The van der Waals surface area contributed by atoms with Crippen molar-refractivity contribution in [2.45, 2.75) is 12.4 Å². The average Bonchev–Trinajstić information content (AvgIpc) is 3.05. The number of benzene rings is 3. The lowest BCUT2D eigenvalue weighted by atomic mass is 10.1. The van der Waals surface area contributed by atoms with Crippen LogP contribution in [0.25, 0.3) is 0 Å². The molecule has 32 heavy (non-hydrogen) atoms. The molecule has 0 saturated carbocycles. The Hall–Kier alpha value is -3.88. The number of hydrogen-bond acceptors (Lipinski definition) is 3. The van der Waals surface area contributed by atoms with Gasteiger partial charge in [0.25, 0.3) is 5.91 Å². The SMILES string of the molecule is O=C1C(Nc2ccc(F)cc2)=CC(c2cccc(OC(F)(F)F)c2)N1c1ccc(F)cc1. The maximum absolute atomic E-state index is 13.4. The fourth-order valence-corrected chi connectivity index (χ4v) is 3.36. The first-order chi connectivity index (χ1) is 15.2. The van der Waals surface area contributed by atoms with E-state index in [0.717, 1.165) is 6.07 Å².